The van der Waals surface area contributed by atoms with Gasteiger partial charge >= 0.3 is 0 Å². The molecular formula is C16H18O2S3. The SMILES string of the molecule is CS(=O)(=O)c1ccc(SCC(CS)c2ccccc2)cc1. The molecule has 2 rings (SSSR count). The second-order valence-electron chi connectivity index (χ2n) is 4.84. The molecule has 1 unspecified atom stereocenters. The Morgan fingerprint density at radius 2 is 1.67 bits per heavy atom. The van der Waals surface area contributed by atoms with Crippen LogP contribution in [0.3, 0.4) is 0 Å². The van der Waals surface area contributed by atoms with Gasteiger partial charge in [0.15, 0.2) is 9.84 Å². The Bertz CT molecular complexity index is 664. The highest BCUT2D eigenvalue weighted by Gasteiger charge is 2.11. The number of hydrogen-bond donors (Lipinski definition) is 1. The molecule has 0 heterocycles. The summed E-state index contributed by atoms with van der Waals surface area (Å²) in [6.45, 7) is 0. The normalized spacial score (nSPS) is 13.0. The van der Waals surface area contributed by atoms with Crippen LogP contribution in [0.15, 0.2) is 64.4 Å². The van der Waals surface area contributed by atoms with E-state index in [0.717, 1.165) is 16.4 Å². The molecule has 0 spiro atoms. The Morgan fingerprint density at radius 1 is 1.05 bits per heavy atom. The molecule has 0 aliphatic rings. The largest absolute Gasteiger partial charge is 0.224 e. The summed E-state index contributed by atoms with van der Waals surface area (Å²) in [4.78, 5) is 1.44. The average Bonchev–Trinajstić information content (AvgIpc) is 2.48. The van der Waals surface area contributed by atoms with E-state index in [0.29, 0.717) is 10.8 Å². The standard InChI is InChI=1S/C16H18O2S3/c1-21(17,18)16-9-7-15(8-10-16)20-12-14(11-19)13-5-3-2-4-6-13/h2-10,14,19H,11-12H2,1H3. The van der Waals surface area contributed by atoms with Gasteiger partial charge < -0.3 is 0 Å². The van der Waals surface area contributed by atoms with E-state index < -0.39 is 9.84 Å². The molecule has 2 aromatic carbocycles. The topological polar surface area (TPSA) is 34.1 Å². The minimum Gasteiger partial charge on any atom is -0.224 e. The molecule has 0 aromatic heterocycles. The van der Waals surface area contributed by atoms with E-state index in [4.69, 9.17) is 0 Å². The minimum atomic E-state index is -3.12. The van der Waals surface area contributed by atoms with E-state index in [1.165, 1.54) is 11.8 Å². The Kier molecular flexibility index (Phi) is 5.79. The highest BCUT2D eigenvalue weighted by molar-refractivity contribution is 7.99. The first kappa shape index (κ1) is 16.5. The van der Waals surface area contributed by atoms with E-state index in [-0.39, 0.29) is 0 Å². The van der Waals surface area contributed by atoms with Crippen LogP contribution in [0.1, 0.15) is 11.5 Å². The summed E-state index contributed by atoms with van der Waals surface area (Å²) in [5.41, 5.74) is 1.28. The van der Waals surface area contributed by atoms with Crippen LogP contribution in [-0.2, 0) is 9.84 Å². The number of thiol groups is 1. The lowest BCUT2D eigenvalue weighted by atomic mass is 10.0. The Labute approximate surface area is 136 Å². The van der Waals surface area contributed by atoms with E-state index in [9.17, 15) is 8.42 Å². The van der Waals surface area contributed by atoms with Crippen LogP contribution in [0.25, 0.3) is 0 Å². The Hall–Kier alpha value is -0.910. The maximum absolute atomic E-state index is 11.4. The van der Waals surface area contributed by atoms with Gasteiger partial charge in [-0.05, 0) is 35.6 Å². The third-order valence-electron chi connectivity index (χ3n) is 3.19. The molecule has 0 saturated carbocycles. The molecule has 21 heavy (non-hydrogen) atoms. The summed E-state index contributed by atoms with van der Waals surface area (Å²) in [5, 5.41) is 0. The molecule has 5 heteroatoms. The molecule has 1 atom stereocenters. The minimum absolute atomic E-state index is 0.362. The fourth-order valence-corrected chi connectivity index (χ4v) is 4.14. The van der Waals surface area contributed by atoms with E-state index in [1.807, 2.05) is 30.3 Å². The maximum atomic E-state index is 11.4. The van der Waals surface area contributed by atoms with Crippen molar-refractivity contribution >= 4 is 34.2 Å². The second kappa shape index (κ2) is 7.38. The molecule has 0 fully saturated rings. The summed E-state index contributed by atoms with van der Waals surface area (Å²) in [5.74, 6) is 2.10. The zero-order valence-electron chi connectivity index (χ0n) is 11.8. The van der Waals surface area contributed by atoms with Crippen molar-refractivity contribution in [1.29, 1.82) is 0 Å². The summed E-state index contributed by atoms with van der Waals surface area (Å²) >= 11 is 6.16. The first-order valence-electron chi connectivity index (χ1n) is 6.59. The quantitative estimate of drug-likeness (QED) is 0.641. The van der Waals surface area contributed by atoms with Gasteiger partial charge in [-0.25, -0.2) is 8.42 Å². The zero-order valence-corrected chi connectivity index (χ0v) is 14.3. The fourth-order valence-electron chi connectivity index (χ4n) is 1.96. The van der Waals surface area contributed by atoms with Crippen LogP contribution >= 0.6 is 24.4 Å². The van der Waals surface area contributed by atoms with Crippen molar-refractivity contribution in [2.45, 2.75) is 15.7 Å². The van der Waals surface area contributed by atoms with E-state index in [1.54, 1.807) is 23.9 Å². The van der Waals surface area contributed by atoms with Crippen LogP contribution in [0.4, 0.5) is 0 Å². The number of benzene rings is 2. The predicted octanol–water partition coefficient (Wildman–Crippen LogP) is 3.90. The lowest BCUT2D eigenvalue weighted by Crippen LogP contribution is -2.03. The summed E-state index contributed by atoms with van der Waals surface area (Å²) in [7, 11) is -3.12. The molecule has 2 aromatic rings. The smallest absolute Gasteiger partial charge is 0.175 e. The molecular weight excluding hydrogens is 320 g/mol. The van der Waals surface area contributed by atoms with Crippen LogP contribution in [-0.4, -0.2) is 26.2 Å². The van der Waals surface area contributed by atoms with Gasteiger partial charge in [0.25, 0.3) is 0 Å². The third kappa shape index (κ3) is 4.80. The predicted molar refractivity (Wildman–Crippen MR) is 93.3 cm³/mol. The van der Waals surface area contributed by atoms with Crippen molar-refractivity contribution in [2.24, 2.45) is 0 Å². The molecule has 0 radical (unpaired) electrons. The second-order valence-corrected chi connectivity index (χ2v) is 8.32. The zero-order chi connectivity index (χ0) is 15.3. The van der Waals surface area contributed by atoms with Crippen LogP contribution in [0.5, 0.6) is 0 Å². The molecule has 0 saturated heterocycles. The van der Waals surface area contributed by atoms with Crippen molar-refractivity contribution < 1.29 is 8.42 Å². The molecule has 2 nitrogen and oxygen atoms in total. The van der Waals surface area contributed by atoms with Crippen molar-refractivity contribution in [3.05, 3.63) is 60.2 Å². The van der Waals surface area contributed by atoms with Gasteiger partial charge in [0, 0.05) is 22.8 Å². The van der Waals surface area contributed by atoms with Gasteiger partial charge in [-0.1, -0.05) is 30.3 Å². The lowest BCUT2D eigenvalue weighted by Gasteiger charge is -2.14. The molecule has 0 amide bonds. The van der Waals surface area contributed by atoms with Gasteiger partial charge in [-0.15, -0.1) is 11.8 Å². The first-order valence-corrected chi connectivity index (χ1v) is 10.1. The lowest BCUT2D eigenvalue weighted by molar-refractivity contribution is 0.602. The first-order chi connectivity index (χ1) is 10.0. The van der Waals surface area contributed by atoms with Gasteiger partial charge in [0.1, 0.15) is 0 Å². The van der Waals surface area contributed by atoms with Crippen molar-refractivity contribution in [1.82, 2.24) is 0 Å². The highest BCUT2D eigenvalue weighted by atomic mass is 32.2. The molecule has 0 bridgehead atoms. The number of hydrogen-bond acceptors (Lipinski definition) is 4. The van der Waals surface area contributed by atoms with Gasteiger partial charge in [-0.2, -0.15) is 12.6 Å². The molecule has 0 aliphatic heterocycles. The molecule has 0 aliphatic carbocycles. The van der Waals surface area contributed by atoms with Crippen LogP contribution in [0, 0.1) is 0 Å². The maximum Gasteiger partial charge on any atom is 0.175 e. The van der Waals surface area contributed by atoms with Crippen LogP contribution in [0.2, 0.25) is 0 Å². The highest BCUT2D eigenvalue weighted by Crippen LogP contribution is 2.27. The van der Waals surface area contributed by atoms with E-state index >= 15 is 0 Å². The molecule has 112 valence electrons. The summed E-state index contributed by atoms with van der Waals surface area (Å²) in [6, 6.07) is 17.4. The van der Waals surface area contributed by atoms with Crippen molar-refractivity contribution in [3.63, 3.8) is 0 Å². The summed E-state index contributed by atoms with van der Waals surface area (Å²) < 4.78 is 22.8. The van der Waals surface area contributed by atoms with Crippen molar-refractivity contribution in [2.75, 3.05) is 17.8 Å². The van der Waals surface area contributed by atoms with Gasteiger partial charge in [0.05, 0.1) is 4.90 Å². The fraction of sp³-hybridized carbons (Fsp3) is 0.250. The Morgan fingerprint density at radius 3 is 2.19 bits per heavy atom. The summed E-state index contributed by atoms with van der Waals surface area (Å²) in [6.07, 6.45) is 1.22. The van der Waals surface area contributed by atoms with Crippen molar-refractivity contribution in [3.8, 4) is 0 Å². The third-order valence-corrected chi connectivity index (χ3v) is 5.94. The monoisotopic (exact) mass is 338 g/mol. The number of thioether (sulfide) groups is 1. The number of rotatable bonds is 6. The van der Waals surface area contributed by atoms with Gasteiger partial charge in [-0.3, -0.25) is 0 Å². The number of sulfone groups is 1. The van der Waals surface area contributed by atoms with Crippen LogP contribution < -0.4 is 0 Å². The van der Waals surface area contributed by atoms with E-state index in [2.05, 4.69) is 24.8 Å². The Balaban J connectivity index is 2.02. The average molecular weight is 339 g/mol. The molecule has 0 N–H and O–H groups in total. The van der Waals surface area contributed by atoms with Gasteiger partial charge in [0.2, 0.25) is 0 Å².